The third-order valence-electron chi connectivity index (χ3n) is 3.22. The quantitative estimate of drug-likeness (QED) is 0.821. The summed E-state index contributed by atoms with van der Waals surface area (Å²) in [5.41, 5.74) is 2.07. The number of aromatic nitrogens is 4. The van der Waals surface area contributed by atoms with E-state index in [0.29, 0.717) is 5.82 Å². The number of rotatable bonds is 6. The van der Waals surface area contributed by atoms with Crippen molar-refractivity contribution in [1.29, 1.82) is 0 Å². The number of tetrazole rings is 1. The van der Waals surface area contributed by atoms with Crippen molar-refractivity contribution in [2.45, 2.75) is 26.7 Å². The molecule has 2 aromatic rings. The molecule has 96 valence electrons. The average Bonchev–Trinajstić information content (AvgIpc) is 2.94. The number of aromatic amines is 1. The van der Waals surface area contributed by atoms with Crippen LogP contribution in [0.5, 0.6) is 0 Å². The van der Waals surface area contributed by atoms with E-state index in [1.165, 1.54) is 12.8 Å². The van der Waals surface area contributed by atoms with Crippen LogP contribution in [0.2, 0.25) is 0 Å². The maximum atomic E-state index is 3.98. The summed E-state index contributed by atoms with van der Waals surface area (Å²) < 4.78 is 0. The van der Waals surface area contributed by atoms with Gasteiger partial charge in [-0.3, -0.25) is 0 Å². The summed E-state index contributed by atoms with van der Waals surface area (Å²) in [5, 5.41) is 17.5. The van der Waals surface area contributed by atoms with E-state index in [2.05, 4.69) is 45.9 Å². The molecule has 0 saturated heterocycles. The molecule has 0 radical (unpaired) electrons. The van der Waals surface area contributed by atoms with Gasteiger partial charge in [-0.25, -0.2) is 0 Å². The van der Waals surface area contributed by atoms with Gasteiger partial charge in [0.15, 0.2) is 0 Å². The Morgan fingerprint density at radius 3 is 2.78 bits per heavy atom. The SMILES string of the molecule is CCC(CC)CNc1cccc(-c2nn[nH]n2)c1. The first-order chi connectivity index (χ1) is 8.83. The second kappa shape index (κ2) is 6.14. The van der Waals surface area contributed by atoms with Crippen molar-refractivity contribution in [3.05, 3.63) is 24.3 Å². The highest BCUT2D eigenvalue weighted by molar-refractivity contribution is 5.61. The van der Waals surface area contributed by atoms with E-state index in [1.807, 2.05) is 18.2 Å². The predicted molar refractivity (Wildman–Crippen MR) is 72.2 cm³/mol. The summed E-state index contributed by atoms with van der Waals surface area (Å²) in [6.07, 6.45) is 2.40. The lowest BCUT2D eigenvalue weighted by molar-refractivity contribution is 0.519. The van der Waals surface area contributed by atoms with E-state index in [9.17, 15) is 0 Å². The zero-order valence-corrected chi connectivity index (χ0v) is 10.8. The molecule has 1 heterocycles. The lowest BCUT2D eigenvalue weighted by Crippen LogP contribution is -2.12. The molecule has 5 heteroatoms. The van der Waals surface area contributed by atoms with Crippen LogP contribution in [-0.4, -0.2) is 27.2 Å². The van der Waals surface area contributed by atoms with Gasteiger partial charge in [-0.15, -0.1) is 10.2 Å². The van der Waals surface area contributed by atoms with Crippen molar-refractivity contribution in [2.75, 3.05) is 11.9 Å². The Balaban J connectivity index is 2.04. The molecule has 0 atom stereocenters. The normalized spacial score (nSPS) is 10.8. The highest BCUT2D eigenvalue weighted by atomic mass is 15.5. The number of nitrogens with one attached hydrogen (secondary N) is 2. The largest absolute Gasteiger partial charge is 0.385 e. The fourth-order valence-corrected chi connectivity index (χ4v) is 1.89. The van der Waals surface area contributed by atoms with Gasteiger partial charge in [-0.1, -0.05) is 38.8 Å². The lowest BCUT2D eigenvalue weighted by Gasteiger charge is -2.14. The van der Waals surface area contributed by atoms with E-state index in [0.717, 1.165) is 23.7 Å². The molecule has 0 fully saturated rings. The zero-order chi connectivity index (χ0) is 12.8. The van der Waals surface area contributed by atoms with Gasteiger partial charge in [0, 0.05) is 17.8 Å². The Labute approximate surface area is 107 Å². The van der Waals surface area contributed by atoms with E-state index >= 15 is 0 Å². The second-order valence-electron chi connectivity index (χ2n) is 4.38. The van der Waals surface area contributed by atoms with Crippen LogP contribution in [0.3, 0.4) is 0 Å². The van der Waals surface area contributed by atoms with E-state index in [-0.39, 0.29) is 0 Å². The highest BCUT2D eigenvalue weighted by Crippen LogP contribution is 2.19. The van der Waals surface area contributed by atoms with Gasteiger partial charge >= 0.3 is 0 Å². The van der Waals surface area contributed by atoms with Crippen LogP contribution in [-0.2, 0) is 0 Å². The van der Waals surface area contributed by atoms with Crippen LogP contribution >= 0.6 is 0 Å². The summed E-state index contributed by atoms with van der Waals surface area (Å²) in [6.45, 7) is 5.46. The molecular weight excluding hydrogens is 226 g/mol. The molecule has 0 saturated carbocycles. The number of benzene rings is 1. The fraction of sp³-hybridized carbons (Fsp3) is 0.462. The van der Waals surface area contributed by atoms with Crippen LogP contribution < -0.4 is 5.32 Å². The molecule has 0 aliphatic rings. The number of hydrogen-bond donors (Lipinski definition) is 2. The molecule has 2 N–H and O–H groups in total. The number of hydrogen-bond acceptors (Lipinski definition) is 4. The molecule has 0 amide bonds. The first kappa shape index (κ1) is 12.5. The van der Waals surface area contributed by atoms with Gasteiger partial charge in [-0.2, -0.15) is 5.21 Å². The van der Waals surface area contributed by atoms with Crippen molar-refractivity contribution < 1.29 is 0 Å². The Morgan fingerprint density at radius 2 is 2.11 bits per heavy atom. The third kappa shape index (κ3) is 3.06. The molecule has 0 spiro atoms. The van der Waals surface area contributed by atoms with Crippen LogP contribution in [0.1, 0.15) is 26.7 Å². The first-order valence-electron chi connectivity index (χ1n) is 6.41. The molecule has 18 heavy (non-hydrogen) atoms. The minimum Gasteiger partial charge on any atom is -0.385 e. The number of H-pyrrole nitrogens is 1. The minimum atomic E-state index is 0.626. The Kier molecular flexibility index (Phi) is 4.28. The monoisotopic (exact) mass is 245 g/mol. The topological polar surface area (TPSA) is 66.5 Å². The predicted octanol–water partition coefficient (Wildman–Crippen LogP) is 2.71. The molecular formula is C13H19N5. The van der Waals surface area contributed by atoms with Crippen LogP contribution in [0.4, 0.5) is 5.69 Å². The van der Waals surface area contributed by atoms with Crippen molar-refractivity contribution in [3.63, 3.8) is 0 Å². The first-order valence-corrected chi connectivity index (χ1v) is 6.41. The van der Waals surface area contributed by atoms with Crippen molar-refractivity contribution >= 4 is 5.69 Å². The van der Waals surface area contributed by atoms with Gasteiger partial charge in [0.25, 0.3) is 0 Å². The summed E-state index contributed by atoms with van der Waals surface area (Å²) in [4.78, 5) is 0. The standard InChI is InChI=1S/C13H19N5/c1-3-10(4-2)9-14-12-7-5-6-11(8-12)13-15-17-18-16-13/h5-8,10,14H,3-4,9H2,1-2H3,(H,15,16,17,18). The van der Waals surface area contributed by atoms with E-state index < -0.39 is 0 Å². The van der Waals surface area contributed by atoms with Crippen molar-refractivity contribution in [2.24, 2.45) is 5.92 Å². The van der Waals surface area contributed by atoms with Crippen LogP contribution in [0.25, 0.3) is 11.4 Å². The highest BCUT2D eigenvalue weighted by Gasteiger charge is 2.05. The van der Waals surface area contributed by atoms with Gasteiger partial charge < -0.3 is 5.32 Å². The smallest absolute Gasteiger partial charge is 0.204 e. The Hall–Kier alpha value is -1.91. The summed E-state index contributed by atoms with van der Waals surface area (Å²) in [5.74, 6) is 1.35. The molecule has 2 rings (SSSR count). The molecule has 0 aliphatic carbocycles. The average molecular weight is 245 g/mol. The van der Waals surface area contributed by atoms with Crippen LogP contribution in [0, 0.1) is 5.92 Å². The van der Waals surface area contributed by atoms with Gasteiger partial charge in [0.05, 0.1) is 0 Å². The Morgan fingerprint density at radius 1 is 1.28 bits per heavy atom. The third-order valence-corrected chi connectivity index (χ3v) is 3.22. The molecule has 5 nitrogen and oxygen atoms in total. The molecule has 0 unspecified atom stereocenters. The van der Waals surface area contributed by atoms with Gasteiger partial charge in [-0.05, 0) is 23.3 Å². The number of anilines is 1. The summed E-state index contributed by atoms with van der Waals surface area (Å²) in [7, 11) is 0. The summed E-state index contributed by atoms with van der Waals surface area (Å²) in [6, 6.07) is 8.09. The maximum absolute atomic E-state index is 3.98. The minimum absolute atomic E-state index is 0.626. The van der Waals surface area contributed by atoms with Crippen molar-refractivity contribution in [1.82, 2.24) is 20.6 Å². The van der Waals surface area contributed by atoms with E-state index in [4.69, 9.17) is 0 Å². The maximum Gasteiger partial charge on any atom is 0.204 e. The van der Waals surface area contributed by atoms with Gasteiger partial charge in [0.2, 0.25) is 5.82 Å². The molecule has 0 bridgehead atoms. The second-order valence-corrected chi connectivity index (χ2v) is 4.38. The summed E-state index contributed by atoms with van der Waals surface area (Å²) >= 11 is 0. The molecule has 1 aromatic heterocycles. The zero-order valence-electron chi connectivity index (χ0n) is 10.8. The number of nitrogens with zero attached hydrogens (tertiary/aromatic N) is 3. The van der Waals surface area contributed by atoms with Gasteiger partial charge in [0.1, 0.15) is 0 Å². The fourth-order valence-electron chi connectivity index (χ4n) is 1.89. The van der Waals surface area contributed by atoms with E-state index in [1.54, 1.807) is 0 Å². The molecule has 1 aromatic carbocycles. The lowest BCUT2D eigenvalue weighted by atomic mass is 10.0. The van der Waals surface area contributed by atoms with Crippen LogP contribution in [0.15, 0.2) is 24.3 Å². The Bertz CT molecular complexity index is 462. The molecule has 0 aliphatic heterocycles. The van der Waals surface area contributed by atoms with Crippen molar-refractivity contribution in [3.8, 4) is 11.4 Å².